The summed E-state index contributed by atoms with van der Waals surface area (Å²) in [5, 5.41) is 19.8. The molecule has 0 radical (unpaired) electrons. The van der Waals surface area contributed by atoms with Crippen molar-refractivity contribution in [2.75, 3.05) is 5.32 Å². The largest absolute Gasteiger partial charge is 0.508 e. The molecule has 0 aliphatic heterocycles. The SMILES string of the molecule is O=C(/C=C/c1ccccc1)Nc1ccc(/C=C/c2ccc(N=Nc3ccc(O)cc3)cc2S(=O)(=O)O)c(S(=O)(=O)O)c1. The monoisotopic (exact) mass is 605 g/mol. The molecule has 0 aliphatic carbocycles. The highest BCUT2D eigenvalue weighted by atomic mass is 32.2. The Morgan fingerprint density at radius 1 is 0.667 bits per heavy atom. The maximum Gasteiger partial charge on any atom is 0.295 e. The summed E-state index contributed by atoms with van der Waals surface area (Å²) < 4.78 is 68.0. The summed E-state index contributed by atoms with van der Waals surface area (Å²) in [6.07, 6.45) is 5.30. The molecule has 0 saturated heterocycles. The van der Waals surface area contributed by atoms with Crippen molar-refractivity contribution in [3.05, 3.63) is 114 Å². The molecule has 214 valence electrons. The Bertz CT molecular complexity index is 1920. The number of hydrogen-bond acceptors (Lipinski definition) is 8. The minimum atomic E-state index is -4.76. The van der Waals surface area contributed by atoms with Gasteiger partial charge in [-0.1, -0.05) is 54.6 Å². The van der Waals surface area contributed by atoms with Crippen LogP contribution in [0.4, 0.5) is 17.1 Å². The van der Waals surface area contributed by atoms with Crippen LogP contribution < -0.4 is 5.32 Å². The van der Waals surface area contributed by atoms with E-state index in [4.69, 9.17) is 0 Å². The summed E-state index contributed by atoms with van der Waals surface area (Å²) >= 11 is 0. The summed E-state index contributed by atoms with van der Waals surface area (Å²) in [6.45, 7) is 0. The highest BCUT2D eigenvalue weighted by Gasteiger charge is 2.18. The van der Waals surface area contributed by atoms with E-state index in [0.717, 1.165) is 17.7 Å². The Morgan fingerprint density at radius 3 is 1.83 bits per heavy atom. The van der Waals surface area contributed by atoms with E-state index in [2.05, 4.69) is 15.5 Å². The van der Waals surface area contributed by atoms with Gasteiger partial charge in [-0.05, 0) is 71.3 Å². The Labute approximate surface area is 241 Å². The summed E-state index contributed by atoms with van der Waals surface area (Å²) in [5.41, 5.74) is 1.31. The molecule has 4 rings (SSSR count). The first kappa shape index (κ1) is 30.0. The second-order valence-electron chi connectivity index (χ2n) is 8.71. The van der Waals surface area contributed by atoms with Crippen LogP contribution in [0, 0.1) is 0 Å². The van der Waals surface area contributed by atoms with Gasteiger partial charge in [0.1, 0.15) is 15.5 Å². The highest BCUT2D eigenvalue weighted by molar-refractivity contribution is 7.86. The molecule has 0 aliphatic rings. The number of azo groups is 1. The zero-order valence-electron chi connectivity index (χ0n) is 21.6. The number of hydrogen-bond donors (Lipinski definition) is 4. The molecule has 0 saturated carbocycles. The molecule has 13 heteroatoms. The second kappa shape index (κ2) is 12.7. The minimum Gasteiger partial charge on any atom is -0.508 e. The van der Waals surface area contributed by atoms with E-state index in [1.165, 1.54) is 66.8 Å². The van der Waals surface area contributed by atoms with Crippen molar-refractivity contribution in [3.63, 3.8) is 0 Å². The van der Waals surface area contributed by atoms with Gasteiger partial charge in [-0.25, -0.2) is 0 Å². The van der Waals surface area contributed by atoms with Crippen molar-refractivity contribution in [2.45, 2.75) is 9.79 Å². The predicted molar refractivity (Wildman–Crippen MR) is 158 cm³/mol. The van der Waals surface area contributed by atoms with Crippen molar-refractivity contribution in [1.82, 2.24) is 0 Å². The van der Waals surface area contributed by atoms with Crippen LogP contribution in [0.25, 0.3) is 18.2 Å². The van der Waals surface area contributed by atoms with Gasteiger partial charge in [0, 0.05) is 11.8 Å². The van der Waals surface area contributed by atoms with Crippen LogP contribution in [0.1, 0.15) is 16.7 Å². The van der Waals surface area contributed by atoms with Crippen LogP contribution in [-0.2, 0) is 25.0 Å². The quantitative estimate of drug-likeness (QED) is 0.0761. The fourth-order valence-corrected chi connectivity index (χ4v) is 5.07. The number of carbonyl (C=O) groups excluding carboxylic acids is 1. The zero-order chi connectivity index (χ0) is 30.3. The van der Waals surface area contributed by atoms with Gasteiger partial charge in [0.05, 0.1) is 11.4 Å². The maximum absolute atomic E-state index is 12.3. The number of nitrogens with one attached hydrogen (secondary N) is 1. The van der Waals surface area contributed by atoms with Crippen molar-refractivity contribution >= 4 is 61.4 Å². The van der Waals surface area contributed by atoms with Gasteiger partial charge in [-0.15, -0.1) is 0 Å². The Kier molecular flexibility index (Phi) is 9.08. The number of aromatic hydroxyl groups is 1. The number of rotatable bonds is 9. The molecule has 0 atom stereocenters. The summed E-state index contributed by atoms with van der Waals surface area (Å²) in [6, 6.07) is 22.4. The average Bonchev–Trinajstić information content (AvgIpc) is 2.95. The molecule has 0 bridgehead atoms. The standard InChI is InChI=1S/C29H23N3O8S2/c33-26-15-13-23(14-16-26)31-32-25-12-10-22(28(19-25)42(38,39)40)8-7-21-9-11-24(18-27(21)41(35,36)37)30-29(34)17-6-20-4-2-1-3-5-20/h1-19,33H,(H,30,34)(H,35,36,37)(H,38,39,40)/b8-7+,17-6+,32-31?. The summed E-state index contributed by atoms with van der Waals surface area (Å²) in [7, 11) is -9.51. The normalized spacial score (nSPS) is 12.3. The number of benzene rings is 4. The predicted octanol–water partition coefficient (Wildman–Crippen LogP) is 6.12. The fourth-order valence-electron chi connectivity index (χ4n) is 3.65. The van der Waals surface area contributed by atoms with Gasteiger partial charge < -0.3 is 10.4 Å². The minimum absolute atomic E-state index is 0.00852. The van der Waals surface area contributed by atoms with Crippen LogP contribution in [0.2, 0.25) is 0 Å². The van der Waals surface area contributed by atoms with E-state index in [9.17, 15) is 35.8 Å². The molecule has 0 fully saturated rings. The lowest BCUT2D eigenvalue weighted by Crippen LogP contribution is -2.09. The summed E-state index contributed by atoms with van der Waals surface area (Å²) in [5.74, 6) is -0.504. The van der Waals surface area contributed by atoms with Crippen molar-refractivity contribution in [3.8, 4) is 5.75 Å². The fraction of sp³-hybridized carbons (Fsp3) is 0. The molecule has 0 spiro atoms. The van der Waals surface area contributed by atoms with Crippen molar-refractivity contribution < 1.29 is 35.8 Å². The highest BCUT2D eigenvalue weighted by Crippen LogP contribution is 2.28. The lowest BCUT2D eigenvalue weighted by Gasteiger charge is -2.08. The van der Waals surface area contributed by atoms with Crippen molar-refractivity contribution in [2.24, 2.45) is 10.2 Å². The molecular formula is C29H23N3O8S2. The van der Waals surface area contributed by atoms with E-state index < -0.39 is 35.9 Å². The number of phenols is 1. The lowest BCUT2D eigenvalue weighted by molar-refractivity contribution is -0.111. The molecule has 4 aromatic carbocycles. The number of anilines is 1. The van der Waals surface area contributed by atoms with E-state index in [-0.39, 0.29) is 28.3 Å². The molecule has 11 nitrogen and oxygen atoms in total. The molecular weight excluding hydrogens is 582 g/mol. The Balaban J connectivity index is 1.60. The lowest BCUT2D eigenvalue weighted by atomic mass is 10.1. The molecule has 42 heavy (non-hydrogen) atoms. The van der Waals surface area contributed by atoms with E-state index in [1.807, 2.05) is 6.07 Å². The number of carbonyl (C=O) groups is 1. The number of amides is 1. The van der Waals surface area contributed by atoms with Gasteiger partial charge in [-0.2, -0.15) is 27.1 Å². The topological polar surface area (TPSA) is 183 Å². The molecule has 1 amide bonds. The number of phenolic OH excluding ortho intramolecular Hbond substituents is 1. The molecule has 4 aromatic rings. The van der Waals surface area contributed by atoms with Gasteiger partial charge >= 0.3 is 0 Å². The Morgan fingerprint density at radius 2 is 1.21 bits per heavy atom. The van der Waals surface area contributed by atoms with Crippen molar-refractivity contribution in [1.29, 1.82) is 0 Å². The molecule has 4 N–H and O–H groups in total. The second-order valence-corrected chi connectivity index (χ2v) is 11.5. The first-order chi connectivity index (χ1) is 19.9. The van der Waals surface area contributed by atoms with E-state index >= 15 is 0 Å². The number of nitrogens with zero attached hydrogens (tertiary/aromatic N) is 2. The van der Waals surface area contributed by atoms with Gasteiger partial charge in [0.25, 0.3) is 20.2 Å². The first-order valence-corrected chi connectivity index (χ1v) is 14.9. The maximum atomic E-state index is 12.3. The van der Waals surface area contributed by atoms with E-state index in [1.54, 1.807) is 30.3 Å². The zero-order valence-corrected chi connectivity index (χ0v) is 23.2. The smallest absolute Gasteiger partial charge is 0.295 e. The third-order valence-corrected chi connectivity index (χ3v) is 7.45. The van der Waals surface area contributed by atoms with Gasteiger partial charge in [-0.3, -0.25) is 13.9 Å². The van der Waals surface area contributed by atoms with E-state index in [0.29, 0.717) is 5.69 Å². The van der Waals surface area contributed by atoms with Gasteiger partial charge in [0.2, 0.25) is 5.91 Å². The Hall–Kier alpha value is -4.95. The molecule has 0 aromatic heterocycles. The van der Waals surface area contributed by atoms with Crippen LogP contribution in [0.3, 0.4) is 0 Å². The van der Waals surface area contributed by atoms with Crippen LogP contribution in [-0.4, -0.2) is 37.0 Å². The van der Waals surface area contributed by atoms with Crippen LogP contribution >= 0.6 is 0 Å². The van der Waals surface area contributed by atoms with Crippen LogP contribution in [0.15, 0.2) is 117 Å². The van der Waals surface area contributed by atoms with Crippen LogP contribution in [0.5, 0.6) is 5.75 Å². The third-order valence-electron chi connectivity index (χ3n) is 5.63. The molecule has 0 heterocycles. The van der Waals surface area contributed by atoms with Gasteiger partial charge in [0.15, 0.2) is 0 Å². The third kappa shape index (κ3) is 8.28. The first-order valence-electron chi connectivity index (χ1n) is 12.0. The average molecular weight is 606 g/mol. The summed E-state index contributed by atoms with van der Waals surface area (Å²) in [4.78, 5) is 11.2. The molecule has 0 unspecified atom stereocenters.